The average Bonchev–Trinajstić information content (AvgIpc) is 2.30. The van der Waals surface area contributed by atoms with E-state index in [1.807, 2.05) is 0 Å². The fourth-order valence-corrected chi connectivity index (χ4v) is 1.36. The van der Waals surface area contributed by atoms with Gasteiger partial charge < -0.3 is 24.7 Å². The van der Waals surface area contributed by atoms with Crippen molar-refractivity contribution in [1.82, 2.24) is 4.98 Å². The van der Waals surface area contributed by atoms with Crippen LogP contribution >= 0.6 is 0 Å². The molecule has 8 nitrogen and oxygen atoms in total. The fraction of sp³-hybridized carbons (Fsp3) is 0.400. The van der Waals surface area contributed by atoms with Crippen molar-refractivity contribution in [2.75, 3.05) is 6.61 Å². The number of carbonyl (C=O) groups is 1. The highest BCUT2D eigenvalue weighted by Gasteiger charge is 2.37. The van der Waals surface area contributed by atoms with Crippen LogP contribution in [0, 0.1) is 10.1 Å². The Balaban J connectivity index is 3.18. The average molecular weight is 310 g/mol. The van der Waals surface area contributed by atoms with Crippen LogP contribution in [-0.2, 0) is 16.0 Å². The first-order chi connectivity index (χ1) is 9.64. The van der Waals surface area contributed by atoms with Crippen LogP contribution in [-0.4, -0.2) is 34.0 Å². The van der Waals surface area contributed by atoms with Gasteiger partial charge in [0.05, 0.1) is 18.6 Å². The van der Waals surface area contributed by atoms with Crippen LogP contribution in [0.2, 0.25) is 0 Å². The number of nitro groups is 1. The third kappa shape index (κ3) is 4.78. The molecule has 0 bridgehead atoms. The van der Waals surface area contributed by atoms with E-state index < -0.39 is 46.7 Å². The van der Waals surface area contributed by atoms with Crippen LogP contribution in [0.25, 0.3) is 0 Å². The first-order valence-electron chi connectivity index (χ1n) is 5.42. The van der Waals surface area contributed by atoms with E-state index in [0.29, 0.717) is 6.07 Å². The van der Waals surface area contributed by atoms with Crippen LogP contribution in [0.1, 0.15) is 12.5 Å². The van der Waals surface area contributed by atoms with Crippen LogP contribution in [0.5, 0.6) is 11.6 Å². The summed E-state index contributed by atoms with van der Waals surface area (Å²) in [6, 6.07) is 0.600. The third-order valence-corrected chi connectivity index (χ3v) is 2.05. The van der Waals surface area contributed by atoms with Gasteiger partial charge in [0.25, 0.3) is 0 Å². The number of nitrogens with zero attached hydrogens (tertiary/aromatic N) is 2. The number of hydrogen-bond donors (Lipinski definition) is 1. The molecule has 0 amide bonds. The van der Waals surface area contributed by atoms with Crippen molar-refractivity contribution >= 4 is 11.8 Å². The lowest BCUT2D eigenvalue weighted by Crippen LogP contribution is -2.19. The number of carbonyl (C=O) groups excluding carboxylic acids is 1. The number of aromatic nitrogens is 1. The van der Waals surface area contributed by atoms with Crippen molar-refractivity contribution in [3.8, 4) is 11.6 Å². The maximum absolute atomic E-state index is 12.0. The summed E-state index contributed by atoms with van der Waals surface area (Å²) >= 11 is 0. The first kappa shape index (κ1) is 16.5. The lowest BCUT2D eigenvalue weighted by Gasteiger charge is -2.08. The zero-order valence-corrected chi connectivity index (χ0v) is 10.5. The first-order valence-corrected chi connectivity index (χ1v) is 5.42. The summed E-state index contributed by atoms with van der Waals surface area (Å²) in [5, 5.41) is 20.1. The lowest BCUT2D eigenvalue weighted by atomic mass is 10.2. The quantitative estimate of drug-likeness (QED) is 0.500. The summed E-state index contributed by atoms with van der Waals surface area (Å²) in [6.07, 6.45) is -5.81. The number of halogens is 3. The summed E-state index contributed by atoms with van der Waals surface area (Å²) in [7, 11) is 0. The number of pyridine rings is 1. The topological polar surface area (TPSA) is 112 Å². The smallest absolute Gasteiger partial charge is 0.501 e. The van der Waals surface area contributed by atoms with E-state index in [4.69, 9.17) is 0 Å². The van der Waals surface area contributed by atoms with Gasteiger partial charge in [-0.25, -0.2) is 0 Å². The molecule has 0 saturated carbocycles. The van der Waals surface area contributed by atoms with E-state index in [9.17, 15) is 33.2 Å². The molecule has 0 unspecified atom stereocenters. The molecule has 0 atom stereocenters. The Kier molecular flexibility index (Phi) is 4.89. The van der Waals surface area contributed by atoms with Gasteiger partial charge in [0, 0.05) is 11.1 Å². The summed E-state index contributed by atoms with van der Waals surface area (Å²) in [5.74, 6) is -4.36. The van der Waals surface area contributed by atoms with Gasteiger partial charge >= 0.3 is 24.0 Å². The maximum Gasteiger partial charge on any atom is 0.575 e. The minimum atomic E-state index is -5.18. The molecule has 1 N–H and O–H groups in total. The van der Waals surface area contributed by atoms with E-state index in [2.05, 4.69) is 14.5 Å². The molecule has 116 valence electrons. The Bertz CT molecular complexity index is 560. The van der Waals surface area contributed by atoms with Crippen molar-refractivity contribution < 1.29 is 37.5 Å². The highest BCUT2D eigenvalue weighted by molar-refractivity contribution is 5.74. The zero-order chi connectivity index (χ0) is 16.2. The molecule has 0 aliphatic heterocycles. The molecule has 0 aromatic carbocycles. The Morgan fingerprint density at radius 2 is 2.14 bits per heavy atom. The molecule has 1 heterocycles. The van der Waals surface area contributed by atoms with Gasteiger partial charge in [0.2, 0.25) is 5.75 Å². The standard InChI is InChI=1S/C10H9F3N2O6/c1-2-20-7(17)4-5-3-6(16)9(21-10(11,12)13)14-8(5)15(18)19/h3,16H,2,4H2,1H3. The molecule has 0 saturated heterocycles. The van der Waals surface area contributed by atoms with E-state index in [1.165, 1.54) is 6.92 Å². The van der Waals surface area contributed by atoms with Gasteiger partial charge in [-0.3, -0.25) is 4.79 Å². The Morgan fingerprint density at radius 3 is 2.62 bits per heavy atom. The highest BCUT2D eigenvalue weighted by atomic mass is 19.4. The number of aromatic hydroxyl groups is 1. The van der Waals surface area contributed by atoms with E-state index in [1.54, 1.807) is 0 Å². The number of ether oxygens (including phenoxy) is 2. The van der Waals surface area contributed by atoms with E-state index in [-0.39, 0.29) is 6.61 Å². The molecular formula is C10H9F3N2O6. The highest BCUT2D eigenvalue weighted by Crippen LogP contribution is 2.33. The minimum absolute atomic E-state index is 0.0152. The number of alkyl halides is 3. The predicted molar refractivity (Wildman–Crippen MR) is 59.6 cm³/mol. The van der Waals surface area contributed by atoms with Crippen molar-refractivity contribution in [2.24, 2.45) is 0 Å². The number of rotatable bonds is 5. The van der Waals surface area contributed by atoms with Crippen LogP contribution in [0.4, 0.5) is 19.0 Å². The van der Waals surface area contributed by atoms with Gasteiger partial charge in [0.1, 0.15) is 0 Å². The van der Waals surface area contributed by atoms with Crippen LogP contribution in [0.3, 0.4) is 0 Å². The molecule has 0 radical (unpaired) electrons. The molecule has 0 fully saturated rings. The van der Waals surface area contributed by atoms with Gasteiger partial charge in [-0.15, -0.1) is 13.2 Å². The Labute approximate surface area is 115 Å². The summed E-state index contributed by atoms with van der Waals surface area (Å²) < 4.78 is 44.0. The summed E-state index contributed by atoms with van der Waals surface area (Å²) in [4.78, 5) is 23.9. The largest absolute Gasteiger partial charge is 0.575 e. The van der Waals surface area contributed by atoms with Gasteiger partial charge in [-0.05, 0) is 11.8 Å². The minimum Gasteiger partial charge on any atom is -0.501 e. The van der Waals surface area contributed by atoms with Gasteiger partial charge in [-0.1, -0.05) is 0 Å². The van der Waals surface area contributed by atoms with Crippen molar-refractivity contribution in [3.63, 3.8) is 0 Å². The molecule has 0 aliphatic rings. The Morgan fingerprint density at radius 1 is 1.52 bits per heavy atom. The fourth-order valence-electron chi connectivity index (χ4n) is 1.36. The molecule has 1 aromatic rings. The van der Waals surface area contributed by atoms with Crippen molar-refractivity contribution in [1.29, 1.82) is 0 Å². The predicted octanol–water partition coefficient (Wildman–Crippen LogP) is 1.70. The van der Waals surface area contributed by atoms with Crippen molar-refractivity contribution in [3.05, 3.63) is 21.7 Å². The maximum atomic E-state index is 12.0. The Hall–Kier alpha value is -2.59. The SMILES string of the molecule is CCOC(=O)Cc1cc(O)c(OC(F)(F)F)nc1[N+](=O)[O-]. The second kappa shape index (κ2) is 6.24. The number of hydrogen-bond acceptors (Lipinski definition) is 7. The molecule has 21 heavy (non-hydrogen) atoms. The monoisotopic (exact) mass is 310 g/mol. The molecular weight excluding hydrogens is 301 g/mol. The second-order valence-electron chi connectivity index (χ2n) is 3.58. The summed E-state index contributed by atoms with van der Waals surface area (Å²) in [6.45, 7) is 1.52. The summed E-state index contributed by atoms with van der Waals surface area (Å²) in [5.41, 5.74) is -0.398. The second-order valence-corrected chi connectivity index (χ2v) is 3.58. The normalized spacial score (nSPS) is 11.0. The molecule has 0 aliphatic carbocycles. The van der Waals surface area contributed by atoms with Crippen LogP contribution < -0.4 is 4.74 Å². The number of esters is 1. The molecule has 0 spiro atoms. The van der Waals surface area contributed by atoms with E-state index in [0.717, 1.165) is 0 Å². The van der Waals surface area contributed by atoms with Gasteiger partial charge in [-0.2, -0.15) is 0 Å². The molecule has 1 rings (SSSR count). The molecule has 1 aromatic heterocycles. The molecule has 11 heteroatoms. The lowest BCUT2D eigenvalue weighted by molar-refractivity contribution is -0.390. The zero-order valence-electron chi connectivity index (χ0n) is 10.5. The van der Waals surface area contributed by atoms with E-state index >= 15 is 0 Å². The van der Waals surface area contributed by atoms with Gasteiger partial charge in [0.15, 0.2) is 0 Å². The third-order valence-electron chi connectivity index (χ3n) is 2.05. The van der Waals surface area contributed by atoms with Crippen molar-refractivity contribution in [2.45, 2.75) is 19.7 Å². The van der Waals surface area contributed by atoms with Crippen LogP contribution in [0.15, 0.2) is 6.07 Å².